The summed E-state index contributed by atoms with van der Waals surface area (Å²) in [6.07, 6.45) is 3.94. The average Bonchev–Trinajstić information content (AvgIpc) is 3.14. The molecule has 0 spiro atoms. The molecule has 1 N–H and O–H groups in total. The van der Waals surface area contributed by atoms with Crippen LogP contribution in [-0.2, 0) is 14.3 Å². The van der Waals surface area contributed by atoms with Crippen LogP contribution in [0.4, 0.5) is 0 Å². The van der Waals surface area contributed by atoms with Crippen LogP contribution in [0.1, 0.15) is 23.6 Å². The molecule has 1 aromatic heterocycles. The predicted molar refractivity (Wildman–Crippen MR) is 125 cm³/mol. The summed E-state index contributed by atoms with van der Waals surface area (Å²) in [6.45, 7) is 4.28. The molecule has 34 heavy (non-hydrogen) atoms. The van der Waals surface area contributed by atoms with Gasteiger partial charge >= 0.3 is 0 Å². The van der Waals surface area contributed by atoms with E-state index in [0.29, 0.717) is 48.8 Å². The Bertz CT molecular complexity index is 1070. The number of amides is 1. The second kappa shape index (κ2) is 10.7. The summed E-state index contributed by atoms with van der Waals surface area (Å²) < 4.78 is 16.0. The standard InChI is InChI=1S/C25H29N3O6/c1-32-19-7-6-17(15-20(19)33-2)23(29)21-22(18-5-3-8-26-16-18)28(25(31)24(21)30)10-4-9-27-11-13-34-14-12-27/h3,5-8,15-16,22,29H,4,9-14H2,1-2H3. The number of morpholine rings is 1. The topological polar surface area (TPSA) is 101 Å². The van der Waals surface area contributed by atoms with Gasteiger partial charge in [-0.3, -0.25) is 19.5 Å². The highest BCUT2D eigenvalue weighted by Crippen LogP contribution is 2.40. The number of pyridine rings is 1. The van der Waals surface area contributed by atoms with Crippen molar-refractivity contribution in [3.63, 3.8) is 0 Å². The van der Waals surface area contributed by atoms with Crippen LogP contribution < -0.4 is 9.47 Å². The number of aromatic nitrogens is 1. The summed E-state index contributed by atoms with van der Waals surface area (Å²) in [5.74, 6) is -0.704. The van der Waals surface area contributed by atoms with Crippen LogP contribution in [0, 0.1) is 0 Å². The highest BCUT2D eigenvalue weighted by atomic mass is 16.5. The van der Waals surface area contributed by atoms with Crippen molar-refractivity contribution in [2.75, 3.05) is 53.6 Å². The number of nitrogens with zero attached hydrogens (tertiary/aromatic N) is 3. The largest absolute Gasteiger partial charge is 0.507 e. The Morgan fingerprint density at radius 1 is 1.12 bits per heavy atom. The maximum absolute atomic E-state index is 13.1. The Balaban J connectivity index is 1.67. The number of likely N-dealkylation sites (tertiary alicyclic amines) is 1. The number of Topliss-reactive ketones (excluding diaryl/α,β-unsaturated/α-hetero) is 1. The van der Waals surface area contributed by atoms with Crippen molar-refractivity contribution in [1.82, 2.24) is 14.8 Å². The van der Waals surface area contributed by atoms with E-state index < -0.39 is 17.7 Å². The van der Waals surface area contributed by atoms with Crippen LogP contribution in [0.15, 0.2) is 48.3 Å². The number of methoxy groups -OCH3 is 2. The highest BCUT2D eigenvalue weighted by Gasteiger charge is 2.46. The zero-order valence-electron chi connectivity index (χ0n) is 19.4. The van der Waals surface area contributed by atoms with E-state index in [0.717, 1.165) is 19.6 Å². The van der Waals surface area contributed by atoms with Crippen LogP contribution >= 0.6 is 0 Å². The van der Waals surface area contributed by atoms with E-state index in [1.165, 1.54) is 19.1 Å². The molecular formula is C25H29N3O6. The lowest BCUT2D eigenvalue weighted by atomic mass is 9.96. The third kappa shape index (κ3) is 4.76. The number of carbonyl (C=O) groups excluding carboxylic acids is 2. The van der Waals surface area contributed by atoms with Crippen LogP contribution in [0.5, 0.6) is 11.5 Å². The van der Waals surface area contributed by atoms with E-state index in [1.807, 2.05) is 0 Å². The first kappa shape index (κ1) is 23.7. The van der Waals surface area contributed by atoms with Gasteiger partial charge in [-0.05, 0) is 36.2 Å². The molecule has 4 rings (SSSR count). The Kier molecular flexibility index (Phi) is 7.44. The summed E-state index contributed by atoms with van der Waals surface area (Å²) in [5.41, 5.74) is 1.06. The number of carbonyl (C=O) groups is 2. The highest BCUT2D eigenvalue weighted by molar-refractivity contribution is 6.46. The van der Waals surface area contributed by atoms with Gasteiger partial charge in [-0.25, -0.2) is 0 Å². The number of aliphatic hydroxyl groups excluding tert-OH is 1. The van der Waals surface area contributed by atoms with E-state index in [1.54, 1.807) is 42.7 Å². The Morgan fingerprint density at radius 2 is 1.88 bits per heavy atom. The summed E-state index contributed by atoms with van der Waals surface area (Å²) >= 11 is 0. The summed E-state index contributed by atoms with van der Waals surface area (Å²) in [5, 5.41) is 11.2. The molecule has 1 amide bonds. The van der Waals surface area contributed by atoms with Crippen molar-refractivity contribution in [3.05, 3.63) is 59.4 Å². The molecule has 2 aromatic rings. The van der Waals surface area contributed by atoms with Gasteiger partial charge in [-0.1, -0.05) is 6.07 Å². The molecule has 0 radical (unpaired) electrons. The smallest absolute Gasteiger partial charge is 0.295 e. The molecule has 1 unspecified atom stereocenters. The molecule has 0 aliphatic carbocycles. The fourth-order valence-corrected chi connectivity index (χ4v) is 4.42. The lowest BCUT2D eigenvalue weighted by Crippen LogP contribution is -2.39. The van der Waals surface area contributed by atoms with Gasteiger partial charge in [0.15, 0.2) is 11.5 Å². The maximum Gasteiger partial charge on any atom is 0.295 e. The van der Waals surface area contributed by atoms with Gasteiger partial charge in [-0.2, -0.15) is 0 Å². The minimum Gasteiger partial charge on any atom is -0.507 e. The molecule has 1 aromatic carbocycles. The molecular weight excluding hydrogens is 438 g/mol. The summed E-state index contributed by atoms with van der Waals surface area (Å²) in [7, 11) is 3.01. The second-order valence-electron chi connectivity index (χ2n) is 8.16. The molecule has 2 saturated heterocycles. The van der Waals surface area contributed by atoms with E-state index in [4.69, 9.17) is 14.2 Å². The van der Waals surface area contributed by atoms with Crippen LogP contribution in [0.3, 0.4) is 0 Å². The van der Waals surface area contributed by atoms with Crippen LogP contribution in [0.25, 0.3) is 5.76 Å². The summed E-state index contributed by atoms with van der Waals surface area (Å²) in [6, 6.07) is 7.68. The third-order valence-corrected chi connectivity index (χ3v) is 6.17. The van der Waals surface area contributed by atoms with E-state index in [9.17, 15) is 14.7 Å². The zero-order chi connectivity index (χ0) is 24.1. The van der Waals surface area contributed by atoms with Crippen molar-refractivity contribution in [2.24, 2.45) is 0 Å². The Labute approximate surface area is 198 Å². The molecule has 9 nitrogen and oxygen atoms in total. The van der Waals surface area contributed by atoms with Crippen LogP contribution in [0.2, 0.25) is 0 Å². The molecule has 3 heterocycles. The second-order valence-corrected chi connectivity index (χ2v) is 8.16. The van der Waals surface area contributed by atoms with Crippen LogP contribution in [-0.4, -0.2) is 85.2 Å². The SMILES string of the molecule is COc1ccc(C(O)=C2C(=O)C(=O)N(CCCN3CCOCC3)C2c2cccnc2)cc1OC. The van der Waals surface area contributed by atoms with Crippen molar-refractivity contribution in [1.29, 1.82) is 0 Å². The van der Waals surface area contributed by atoms with Gasteiger partial charge in [0, 0.05) is 44.1 Å². The maximum atomic E-state index is 13.1. The molecule has 2 aliphatic rings. The lowest BCUT2D eigenvalue weighted by Gasteiger charge is -2.29. The molecule has 9 heteroatoms. The normalized spacial score (nSPS) is 20.5. The molecule has 0 saturated carbocycles. The van der Waals surface area contributed by atoms with E-state index >= 15 is 0 Å². The van der Waals surface area contributed by atoms with Crippen molar-refractivity contribution in [2.45, 2.75) is 12.5 Å². The summed E-state index contributed by atoms with van der Waals surface area (Å²) in [4.78, 5) is 34.2. The predicted octanol–water partition coefficient (Wildman–Crippen LogP) is 2.24. The zero-order valence-corrected chi connectivity index (χ0v) is 19.4. The third-order valence-electron chi connectivity index (χ3n) is 6.17. The fraction of sp³-hybridized carbons (Fsp3) is 0.400. The van der Waals surface area contributed by atoms with Gasteiger partial charge in [0.1, 0.15) is 5.76 Å². The van der Waals surface area contributed by atoms with Gasteiger partial charge in [0.05, 0.1) is 39.0 Å². The van der Waals surface area contributed by atoms with Crippen molar-refractivity contribution < 1.29 is 28.9 Å². The monoisotopic (exact) mass is 467 g/mol. The molecule has 2 fully saturated rings. The number of ketones is 1. The number of benzene rings is 1. The minimum absolute atomic E-state index is 0.0385. The first-order valence-electron chi connectivity index (χ1n) is 11.3. The minimum atomic E-state index is -0.730. The number of rotatable bonds is 8. The van der Waals surface area contributed by atoms with E-state index in [2.05, 4.69) is 9.88 Å². The van der Waals surface area contributed by atoms with Gasteiger partial charge in [-0.15, -0.1) is 0 Å². The fourth-order valence-electron chi connectivity index (χ4n) is 4.42. The van der Waals surface area contributed by atoms with Crippen molar-refractivity contribution >= 4 is 17.4 Å². The van der Waals surface area contributed by atoms with Crippen molar-refractivity contribution in [3.8, 4) is 11.5 Å². The van der Waals surface area contributed by atoms with E-state index in [-0.39, 0.29) is 11.3 Å². The Hall–Kier alpha value is -3.43. The first-order chi connectivity index (χ1) is 16.5. The molecule has 1 atom stereocenters. The quantitative estimate of drug-likeness (QED) is 0.358. The number of aliphatic hydroxyl groups is 1. The molecule has 2 aliphatic heterocycles. The van der Waals surface area contributed by atoms with Gasteiger partial charge < -0.3 is 24.2 Å². The average molecular weight is 468 g/mol. The number of ether oxygens (including phenoxy) is 3. The molecule has 0 bridgehead atoms. The van der Waals surface area contributed by atoms with Gasteiger partial charge in [0.25, 0.3) is 11.7 Å². The van der Waals surface area contributed by atoms with Gasteiger partial charge in [0.2, 0.25) is 0 Å². The number of hydrogen-bond donors (Lipinski definition) is 1. The Morgan fingerprint density at radius 3 is 2.56 bits per heavy atom. The lowest BCUT2D eigenvalue weighted by molar-refractivity contribution is -0.140. The number of hydrogen-bond acceptors (Lipinski definition) is 8. The first-order valence-corrected chi connectivity index (χ1v) is 11.3. The molecule has 180 valence electrons.